The molecule has 0 saturated carbocycles. The molecule has 0 amide bonds. The van der Waals surface area contributed by atoms with Crippen molar-refractivity contribution < 1.29 is 8.42 Å². The van der Waals surface area contributed by atoms with Crippen LogP contribution in [0.5, 0.6) is 0 Å². The molecule has 4 aromatic heterocycles. The minimum absolute atomic E-state index is 0.0547. The van der Waals surface area contributed by atoms with E-state index in [1.165, 1.54) is 17.0 Å². The number of nitrogens with two attached hydrogens (primary N) is 1. The number of sulfone groups is 1. The van der Waals surface area contributed by atoms with E-state index in [-0.39, 0.29) is 26.1 Å². The molecule has 0 aliphatic carbocycles. The third kappa shape index (κ3) is 2.93. The highest BCUT2D eigenvalue weighted by Crippen LogP contribution is 2.36. The van der Waals surface area contributed by atoms with Crippen LogP contribution in [-0.2, 0) is 9.84 Å². The van der Waals surface area contributed by atoms with Gasteiger partial charge >= 0.3 is 0 Å². The molecule has 10 heteroatoms. The van der Waals surface area contributed by atoms with Crippen molar-refractivity contribution >= 4 is 55.4 Å². The fourth-order valence-corrected chi connectivity index (χ4v) is 5.67. The number of pyridine rings is 1. The van der Waals surface area contributed by atoms with Gasteiger partial charge in [-0.25, -0.2) is 18.4 Å². The Kier molecular flexibility index (Phi) is 4.30. The van der Waals surface area contributed by atoms with E-state index in [2.05, 4.69) is 20.1 Å². The zero-order chi connectivity index (χ0) is 20.7. The highest BCUT2D eigenvalue weighted by atomic mass is 32.2. The summed E-state index contributed by atoms with van der Waals surface area (Å²) in [7, 11) is -3.90. The zero-order valence-corrected chi connectivity index (χ0v) is 17.0. The van der Waals surface area contributed by atoms with Crippen molar-refractivity contribution in [3.8, 4) is 0 Å². The Morgan fingerprint density at radius 2 is 1.77 bits per heavy atom. The monoisotopic (exact) mass is 434 g/mol. The molecule has 8 nitrogen and oxygen atoms in total. The molecule has 5 aromatic rings. The lowest BCUT2D eigenvalue weighted by Gasteiger charge is -2.02. The van der Waals surface area contributed by atoms with Gasteiger partial charge in [0.15, 0.2) is 5.65 Å². The van der Waals surface area contributed by atoms with Crippen LogP contribution >= 0.6 is 11.3 Å². The van der Waals surface area contributed by atoms with Crippen LogP contribution in [0.15, 0.2) is 80.4 Å². The molecule has 0 fully saturated rings. The first-order valence-corrected chi connectivity index (χ1v) is 11.2. The average Bonchev–Trinajstić information content (AvgIpc) is 3.38. The first kappa shape index (κ1) is 18.4. The van der Waals surface area contributed by atoms with Crippen LogP contribution in [0, 0.1) is 0 Å². The Bertz CT molecular complexity index is 1510. The van der Waals surface area contributed by atoms with Crippen LogP contribution in [0.3, 0.4) is 0 Å². The van der Waals surface area contributed by atoms with E-state index < -0.39 is 9.84 Å². The Morgan fingerprint density at radius 1 is 1.00 bits per heavy atom. The summed E-state index contributed by atoms with van der Waals surface area (Å²) in [6.45, 7) is 0. The normalized spacial score (nSPS) is 12.3. The number of hydrogen-bond acceptors (Lipinski definition) is 8. The van der Waals surface area contributed by atoms with Crippen LogP contribution in [0.1, 0.15) is 5.69 Å². The number of anilines is 1. The predicted octanol–water partition coefficient (Wildman–Crippen LogP) is 3.34. The molecule has 148 valence electrons. The van der Waals surface area contributed by atoms with Gasteiger partial charge in [-0.3, -0.25) is 4.98 Å². The Hall–Kier alpha value is -3.63. The Labute approximate surface area is 175 Å². The summed E-state index contributed by atoms with van der Waals surface area (Å²) < 4.78 is 28.2. The van der Waals surface area contributed by atoms with Crippen molar-refractivity contribution in [2.45, 2.75) is 9.10 Å². The van der Waals surface area contributed by atoms with Gasteiger partial charge in [-0.05, 0) is 35.7 Å². The van der Waals surface area contributed by atoms with Gasteiger partial charge in [0.25, 0.3) is 0 Å². The molecule has 5 rings (SSSR count). The van der Waals surface area contributed by atoms with E-state index in [1.807, 2.05) is 18.2 Å². The number of rotatable bonds is 4. The van der Waals surface area contributed by atoms with Crippen LogP contribution in [0.4, 0.5) is 5.82 Å². The Balaban J connectivity index is 1.83. The average molecular weight is 435 g/mol. The van der Waals surface area contributed by atoms with Gasteiger partial charge < -0.3 is 5.73 Å². The summed E-state index contributed by atoms with van der Waals surface area (Å²) in [4.78, 5) is 13.2. The number of benzene rings is 1. The quantitative estimate of drug-likeness (QED) is 0.434. The predicted molar refractivity (Wildman–Crippen MR) is 116 cm³/mol. The number of nitrogens with zero attached hydrogens (tertiary/aromatic N) is 5. The summed E-state index contributed by atoms with van der Waals surface area (Å²) in [5.41, 5.74) is 8.51. The van der Waals surface area contributed by atoms with Gasteiger partial charge in [-0.15, -0.1) is 11.3 Å². The molecule has 2 N–H and O–H groups in total. The highest BCUT2D eigenvalue weighted by Gasteiger charge is 2.31. The summed E-state index contributed by atoms with van der Waals surface area (Å²) in [5, 5.41) is 6.06. The molecule has 0 saturated heterocycles. The lowest BCUT2D eigenvalue weighted by atomic mass is 10.3. The molecule has 0 spiro atoms. The second-order valence-electron chi connectivity index (χ2n) is 6.35. The first-order valence-electron chi connectivity index (χ1n) is 8.86. The van der Waals surface area contributed by atoms with E-state index in [1.54, 1.807) is 41.9 Å². The van der Waals surface area contributed by atoms with Crippen molar-refractivity contribution in [3.05, 3.63) is 71.9 Å². The molecule has 0 radical (unpaired) electrons. The number of hydrogen-bond donors (Lipinski definition) is 1. The van der Waals surface area contributed by atoms with E-state index in [0.717, 1.165) is 11.3 Å². The number of fused-ring (bicyclic) bond motifs is 2. The van der Waals surface area contributed by atoms with Gasteiger partial charge in [0, 0.05) is 6.20 Å². The number of thiophene rings is 1. The topological polar surface area (TPSA) is 116 Å². The van der Waals surface area contributed by atoms with Crippen LogP contribution in [0.2, 0.25) is 0 Å². The third-order valence-corrected chi connectivity index (χ3v) is 7.66. The Morgan fingerprint density at radius 3 is 2.47 bits per heavy atom. The SMILES string of the molecule is Nc1c(S(=O)(=O)c2cccs2)c2nc3ccccc3nc2n1/N=C/c1ccccn1. The molecule has 0 unspecified atom stereocenters. The third-order valence-electron chi connectivity index (χ3n) is 4.45. The number of para-hydroxylation sites is 2. The summed E-state index contributed by atoms with van der Waals surface area (Å²) in [6, 6.07) is 15.8. The maximum Gasteiger partial charge on any atom is 0.221 e. The van der Waals surface area contributed by atoms with E-state index >= 15 is 0 Å². The fourth-order valence-electron chi connectivity index (χ4n) is 3.09. The van der Waals surface area contributed by atoms with Gasteiger partial charge in [0.05, 0.1) is 22.9 Å². The maximum atomic E-state index is 13.3. The van der Waals surface area contributed by atoms with Crippen LogP contribution in [-0.4, -0.2) is 34.3 Å². The van der Waals surface area contributed by atoms with Crippen molar-refractivity contribution in [2.24, 2.45) is 5.10 Å². The molecule has 0 aliphatic rings. The van der Waals surface area contributed by atoms with Crippen LogP contribution in [0.25, 0.3) is 22.2 Å². The standard InChI is InChI=1S/C20H14N6O2S2/c21-19-18(30(27,28)16-9-5-11-29-16)17-20(25-15-8-2-1-7-14(15)24-17)26(19)23-12-13-6-3-4-10-22-13/h1-12H,21H2/b23-12+. The van der Waals surface area contributed by atoms with E-state index in [0.29, 0.717) is 16.7 Å². The second kappa shape index (κ2) is 7.01. The highest BCUT2D eigenvalue weighted by molar-refractivity contribution is 7.93. The minimum Gasteiger partial charge on any atom is -0.382 e. The number of nitrogen functional groups attached to an aromatic ring is 1. The molecule has 1 aromatic carbocycles. The van der Waals surface area contributed by atoms with Gasteiger partial charge in [0.2, 0.25) is 9.84 Å². The zero-order valence-electron chi connectivity index (χ0n) is 15.4. The van der Waals surface area contributed by atoms with Gasteiger partial charge in [-0.2, -0.15) is 9.78 Å². The molecule has 0 atom stereocenters. The summed E-state index contributed by atoms with van der Waals surface area (Å²) in [6.07, 6.45) is 3.13. The molecule has 0 bridgehead atoms. The minimum atomic E-state index is -3.90. The summed E-state index contributed by atoms with van der Waals surface area (Å²) in [5.74, 6) is -0.0547. The lowest BCUT2D eigenvalue weighted by Crippen LogP contribution is -2.05. The smallest absolute Gasteiger partial charge is 0.221 e. The first-order chi connectivity index (χ1) is 14.6. The van der Waals surface area contributed by atoms with Crippen molar-refractivity contribution in [1.82, 2.24) is 19.6 Å². The molecule has 30 heavy (non-hydrogen) atoms. The molecule has 0 aliphatic heterocycles. The van der Waals surface area contributed by atoms with Gasteiger partial charge in [0.1, 0.15) is 20.4 Å². The fraction of sp³-hybridized carbons (Fsp3) is 0. The molecular weight excluding hydrogens is 420 g/mol. The van der Waals surface area contributed by atoms with Crippen LogP contribution < -0.4 is 5.73 Å². The van der Waals surface area contributed by atoms with Crippen molar-refractivity contribution in [2.75, 3.05) is 5.73 Å². The van der Waals surface area contributed by atoms with Crippen molar-refractivity contribution in [1.29, 1.82) is 0 Å². The van der Waals surface area contributed by atoms with E-state index in [4.69, 9.17) is 5.73 Å². The molecular formula is C20H14N6O2S2. The number of aromatic nitrogens is 4. The second-order valence-corrected chi connectivity index (χ2v) is 9.41. The van der Waals surface area contributed by atoms with Crippen molar-refractivity contribution in [3.63, 3.8) is 0 Å². The largest absolute Gasteiger partial charge is 0.382 e. The summed E-state index contributed by atoms with van der Waals surface area (Å²) >= 11 is 1.12. The van der Waals surface area contributed by atoms with E-state index in [9.17, 15) is 8.42 Å². The van der Waals surface area contributed by atoms with Gasteiger partial charge in [-0.1, -0.05) is 24.3 Å². The lowest BCUT2D eigenvalue weighted by molar-refractivity contribution is 0.599. The maximum absolute atomic E-state index is 13.3. The molecule has 4 heterocycles.